The number of likely N-dealkylation sites (N-methyl/N-ethyl adjacent to an activating group) is 1. The van der Waals surface area contributed by atoms with Crippen molar-refractivity contribution in [2.24, 2.45) is 5.92 Å². The number of hydrogen-bond acceptors (Lipinski definition) is 4. The van der Waals surface area contributed by atoms with E-state index in [-0.39, 0.29) is 17.9 Å². The number of carbonyl (C=O) groups is 2. The molecule has 3 aliphatic rings. The van der Waals surface area contributed by atoms with Crippen molar-refractivity contribution in [3.8, 4) is 0 Å². The third kappa shape index (κ3) is 4.58. The molecule has 0 aliphatic carbocycles. The third-order valence-electron chi connectivity index (χ3n) is 6.58. The Labute approximate surface area is 158 Å². The molecule has 0 bridgehead atoms. The van der Waals surface area contributed by atoms with Crippen molar-refractivity contribution in [3.63, 3.8) is 0 Å². The molecule has 148 valence electrons. The van der Waals surface area contributed by atoms with Gasteiger partial charge in [-0.3, -0.25) is 14.5 Å². The van der Waals surface area contributed by atoms with Crippen molar-refractivity contribution in [2.75, 3.05) is 58.9 Å². The van der Waals surface area contributed by atoms with Gasteiger partial charge in [-0.1, -0.05) is 6.92 Å². The summed E-state index contributed by atoms with van der Waals surface area (Å²) in [5.74, 6) is 0.792. The molecule has 26 heavy (non-hydrogen) atoms. The zero-order chi connectivity index (χ0) is 18.5. The van der Waals surface area contributed by atoms with Crippen molar-refractivity contribution in [1.82, 2.24) is 19.6 Å². The van der Waals surface area contributed by atoms with Gasteiger partial charge < -0.3 is 14.7 Å². The van der Waals surface area contributed by atoms with Crippen LogP contribution in [0.4, 0.5) is 0 Å². The van der Waals surface area contributed by atoms with Crippen LogP contribution in [0, 0.1) is 5.92 Å². The van der Waals surface area contributed by atoms with Gasteiger partial charge in [-0.25, -0.2) is 0 Å². The normalized spacial score (nSPS) is 25.3. The van der Waals surface area contributed by atoms with Crippen molar-refractivity contribution in [3.05, 3.63) is 0 Å². The van der Waals surface area contributed by atoms with Crippen LogP contribution in [-0.2, 0) is 9.59 Å². The maximum absolute atomic E-state index is 12.8. The van der Waals surface area contributed by atoms with Gasteiger partial charge in [0.2, 0.25) is 11.8 Å². The first kappa shape index (κ1) is 19.6. The summed E-state index contributed by atoms with van der Waals surface area (Å²) in [7, 11) is 0. The molecule has 1 unspecified atom stereocenters. The van der Waals surface area contributed by atoms with E-state index in [0.717, 1.165) is 84.6 Å². The van der Waals surface area contributed by atoms with Crippen LogP contribution in [0.3, 0.4) is 0 Å². The Morgan fingerprint density at radius 1 is 0.846 bits per heavy atom. The number of nitrogens with zero attached hydrogens (tertiary/aromatic N) is 4. The summed E-state index contributed by atoms with van der Waals surface area (Å²) in [4.78, 5) is 34.3. The molecule has 0 saturated carbocycles. The fourth-order valence-electron chi connectivity index (χ4n) is 4.61. The zero-order valence-corrected chi connectivity index (χ0v) is 16.7. The second kappa shape index (κ2) is 9.18. The average molecular weight is 365 g/mol. The van der Waals surface area contributed by atoms with Crippen molar-refractivity contribution in [2.45, 2.75) is 52.0 Å². The first-order chi connectivity index (χ1) is 12.6. The van der Waals surface area contributed by atoms with E-state index in [1.54, 1.807) is 0 Å². The van der Waals surface area contributed by atoms with Gasteiger partial charge in [-0.05, 0) is 58.7 Å². The highest BCUT2D eigenvalue weighted by molar-refractivity contribution is 5.82. The minimum Gasteiger partial charge on any atom is -0.342 e. The zero-order valence-electron chi connectivity index (χ0n) is 16.7. The fourth-order valence-corrected chi connectivity index (χ4v) is 4.61. The minimum absolute atomic E-state index is 0.0609. The predicted octanol–water partition coefficient (Wildman–Crippen LogP) is 1.26. The standard InChI is InChI=1S/C20H36N4O2/c1-3-21-13-15-24(16-14-21)19(25)17(2)22-11-7-18(8-12-22)20(26)23-9-5-4-6-10-23/h17-18H,3-16H2,1-2H3. The van der Waals surface area contributed by atoms with E-state index < -0.39 is 0 Å². The second-order valence-corrected chi connectivity index (χ2v) is 8.13. The van der Waals surface area contributed by atoms with E-state index in [1.807, 2.05) is 11.8 Å². The molecule has 3 rings (SSSR count). The van der Waals surface area contributed by atoms with Crippen molar-refractivity contribution < 1.29 is 9.59 Å². The molecular weight excluding hydrogens is 328 g/mol. The molecule has 6 nitrogen and oxygen atoms in total. The quantitative estimate of drug-likeness (QED) is 0.754. The minimum atomic E-state index is -0.0609. The Bertz CT molecular complexity index is 476. The summed E-state index contributed by atoms with van der Waals surface area (Å²) >= 11 is 0. The lowest BCUT2D eigenvalue weighted by molar-refractivity contribution is -0.140. The van der Waals surface area contributed by atoms with E-state index >= 15 is 0 Å². The Balaban J connectivity index is 1.45. The van der Waals surface area contributed by atoms with Crippen LogP contribution in [0.5, 0.6) is 0 Å². The lowest BCUT2D eigenvalue weighted by atomic mass is 9.93. The highest BCUT2D eigenvalue weighted by atomic mass is 16.2. The van der Waals surface area contributed by atoms with Crippen molar-refractivity contribution >= 4 is 11.8 Å². The Morgan fingerprint density at radius 3 is 2.04 bits per heavy atom. The van der Waals surface area contributed by atoms with Gasteiger partial charge >= 0.3 is 0 Å². The highest BCUT2D eigenvalue weighted by Gasteiger charge is 2.34. The predicted molar refractivity (Wildman–Crippen MR) is 103 cm³/mol. The van der Waals surface area contributed by atoms with E-state index in [9.17, 15) is 9.59 Å². The summed E-state index contributed by atoms with van der Waals surface area (Å²) in [5, 5.41) is 0. The summed E-state index contributed by atoms with van der Waals surface area (Å²) < 4.78 is 0. The van der Waals surface area contributed by atoms with Gasteiger partial charge in [0.15, 0.2) is 0 Å². The molecule has 2 amide bonds. The van der Waals surface area contributed by atoms with Crippen molar-refractivity contribution in [1.29, 1.82) is 0 Å². The molecule has 0 spiro atoms. The number of hydrogen-bond donors (Lipinski definition) is 0. The van der Waals surface area contributed by atoms with Gasteiger partial charge in [0.1, 0.15) is 0 Å². The van der Waals surface area contributed by atoms with E-state index in [1.165, 1.54) is 6.42 Å². The topological polar surface area (TPSA) is 47.1 Å². The molecule has 3 aliphatic heterocycles. The molecule has 0 aromatic carbocycles. The highest BCUT2D eigenvalue weighted by Crippen LogP contribution is 2.23. The fraction of sp³-hybridized carbons (Fsp3) is 0.900. The molecular formula is C20H36N4O2. The van der Waals surface area contributed by atoms with Crippen LogP contribution in [0.1, 0.15) is 46.0 Å². The maximum atomic E-state index is 12.8. The molecule has 0 N–H and O–H groups in total. The summed E-state index contributed by atoms with van der Waals surface area (Å²) in [5.41, 5.74) is 0. The molecule has 0 radical (unpaired) electrons. The maximum Gasteiger partial charge on any atom is 0.239 e. The molecule has 0 aromatic rings. The van der Waals surface area contributed by atoms with Gasteiger partial charge in [0.05, 0.1) is 6.04 Å². The van der Waals surface area contributed by atoms with E-state index in [2.05, 4.69) is 21.6 Å². The van der Waals surface area contributed by atoms with Gasteiger partial charge in [-0.15, -0.1) is 0 Å². The summed E-state index contributed by atoms with van der Waals surface area (Å²) in [6.45, 7) is 12.6. The first-order valence-electron chi connectivity index (χ1n) is 10.6. The third-order valence-corrected chi connectivity index (χ3v) is 6.58. The van der Waals surface area contributed by atoms with Gasteiger partial charge in [0.25, 0.3) is 0 Å². The van der Waals surface area contributed by atoms with Crippen LogP contribution >= 0.6 is 0 Å². The van der Waals surface area contributed by atoms with E-state index in [0.29, 0.717) is 5.91 Å². The molecule has 0 aromatic heterocycles. The molecule has 3 saturated heterocycles. The van der Waals surface area contributed by atoms with Crippen LogP contribution in [0.25, 0.3) is 0 Å². The van der Waals surface area contributed by atoms with Crippen LogP contribution in [0.2, 0.25) is 0 Å². The smallest absolute Gasteiger partial charge is 0.239 e. The molecule has 1 atom stereocenters. The summed E-state index contributed by atoms with van der Waals surface area (Å²) in [6, 6.07) is -0.0609. The number of amides is 2. The molecule has 6 heteroatoms. The average Bonchev–Trinajstić information content (AvgIpc) is 2.73. The van der Waals surface area contributed by atoms with Crippen LogP contribution < -0.4 is 0 Å². The lowest BCUT2D eigenvalue weighted by Gasteiger charge is -2.40. The van der Waals surface area contributed by atoms with Crippen LogP contribution in [-0.4, -0.2) is 96.4 Å². The molecule has 3 heterocycles. The summed E-state index contributed by atoms with van der Waals surface area (Å²) in [6.07, 6.45) is 5.37. The van der Waals surface area contributed by atoms with E-state index in [4.69, 9.17) is 0 Å². The number of piperazine rings is 1. The van der Waals surface area contributed by atoms with Gasteiger partial charge in [-0.2, -0.15) is 0 Å². The van der Waals surface area contributed by atoms with Gasteiger partial charge in [0, 0.05) is 45.2 Å². The largest absolute Gasteiger partial charge is 0.342 e. The Kier molecular flexibility index (Phi) is 6.92. The monoisotopic (exact) mass is 364 g/mol. The number of carbonyl (C=O) groups excluding carboxylic acids is 2. The molecule has 3 fully saturated rings. The number of likely N-dealkylation sites (tertiary alicyclic amines) is 2. The Hall–Kier alpha value is -1.14. The van der Waals surface area contributed by atoms with Crippen LogP contribution in [0.15, 0.2) is 0 Å². The lowest BCUT2D eigenvalue weighted by Crippen LogP contribution is -2.55. The first-order valence-corrected chi connectivity index (χ1v) is 10.6. The number of piperidine rings is 2. The number of rotatable bonds is 4. The SMILES string of the molecule is CCN1CCN(C(=O)C(C)N2CCC(C(=O)N3CCCCC3)CC2)CC1. The second-order valence-electron chi connectivity index (χ2n) is 8.13. The Morgan fingerprint density at radius 2 is 1.46 bits per heavy atom.